The Morgan fingerprint density at radius 1 is 0.412 bits per heavy atom. The van der Waals surface area contributed by atoms with Gasteiger partial charge in [0.2, 0.25) is 5.91 Å². The first-order chi connectivity index (χ1) is 41.3. The zero-order valence-electron chi connectivity index (χ0n) is 52.3. The van der Waals surface area contributed by atoms with Gasteiger partial charge in [-0.2, -0.15) is 0 Å². The third-order valence-corrected chi connectivity index (χ3v) is 16.9. The van der Waals surface area contributed by atoms with Gasteiger partial charge < -0.3 is 89.9 Å². The first-order valence-electron chi connectivity index (χ1n) is 33.7. The van der Waals surface area contributed by atoms with E-state index in [0.29, 0.717) is 12.8 Å². The number of allylic oxidation sites excluding steroid dienone is 5. The van der Waals surface area contributed by atoms with Crippen molar-refractivity contribution in [2.75, 3.05) is 26.4 Å². The first-order valence-corrected chi connectivity index (χ1v) is 33.7. The van der Waals surface area contributed by atoms with E-state index >= 15 is 0 Å². The molecule has 3 heterocycles. The quantitative estimate of drug-likeness (QED) is 0.0202. The second kappa shape index (κ2) is 48.8. The van der Waals surface area contributed by atoms with Crippen LogP contribution in [0.5, 0.6) is 0 Å². The van der Waals surface area contributed by atoms with Gasteiger partial charge in [0.05, 0.1) is 38.6 Å². The maximum absolute atomic E-state index is 13.3. The molecule has 1 amide bonds. The average molecular weight is 1220 g/mol. The summed E-state index contributed by atoms with van der Waals surface area (Å²) in [6, 6.07) is -0.992. The molecule has 19 heteroatoms. The number of amides is 1. The van der Waals surface area contributed by atoms with Gasteiger partial charge in [-0.1, -0.05) is 230 Å². The van der Waals surface area contributed by atoms with Crippen molar-refractivity contribution in [3.63, 3.8) is 0 Å². The van der Waals surface area contributed by atoms with Crippen molar-refractivity contribution in [1.29, 1.82) is 0 Å². The number of ether oxygens (including phenoxy) is 6. The van der Waals surface area contributed by atoms with Crippen LogP contribution in [0.25, 0.3) is 0 Å². The molecule has 0 aromatic rings. The molecule has 85 heavy (non-hydrogen) atoms. The van der Waals surface area contributed by atoms with Crippen LogP contribution >= 0.6 is 0 Å². The number of carbonyl (C=O) groups is 1. The SMILES string of the molecule is CCCCCCCCCCCCCCCCCCCCCCC/C=C/CC/C=C/CC/C=C/C(O)C(COC1OC(CO)C(OC2OC(CO)C(OC3OC(CO)C(O)C(O)C3O)C(O)C2O)C(O)C1O)NC(=O)CCCCCCCCCCC. The highest BCUT2D eigenvalue weighted by Crippen LogP contribution is 2.33. The zero-order valence-corrected chi connectivity index (χ0v) is 52.3. The molecule has 3 saturated heterocycles. The number of nitrogens with one attached hydrogen (secondary N) is 1. The number of hydrogen-bond acceptors (Lipinski definition) is 18. The fraction of sp³-hybridized carbons (Fsp3) is 0.894. The molecule has 0 radical (unpaired) electrons. The number of aliphatic hydroxyl groups excluding tert-OH is 11. The summed E-state index contributed by atoms with van der Waals surface area (Å²) < 4.78 is 34.2. The molecule has 3 rings (SSSR count). The standard InChI is InChI=1S/C66H121NO18/c1-3-5-7-9-11-13-14-15-16-17-18-19-20-21-22-23-24-25-26-27-28-29-30-31-32-33-34-36-37-39-41-43-50(71)49(67-54(72)44-42-40-38-35-12-10-8-6-4-2)48-80-64-60(78)57(75)62(52(46-69)82-64)85-66-61(79)58(76)63(53(47-70)83-66)84-65-59(77)56(74)55(73)51(45-68)81-65/h30-31,34,36,41,43,49-53,55-66,68-71,73-79H,3-29,32-33,35,37-40,42,44-48H2,1-2H3,(H,67,72)/b31-30+,36-34+,43-41+. The highest BCUT2D eigenvalue weighted by molar-refractivity contribution is 5.76. The predicted octanol–water partition coefficient (Wildman–Crippen LogP) is 8.05. The lowest BCUT2D eigenvalue weighted by atomic mass is 9.96. The van der Waals surface area contributed by atoms with Crippen LogP contribution in [0.15, 0.2) is 36.5 Å². The Morgan fingerprint density at radius 2 is 0.753 bits per heavy atom. The number of aliphatic hydroxyl groups is 11. The van der Waals surface area contributed by atoms with Gasteiger partial charge in [-0.05, 0) is 44.9 Å². The van der Waals surface area contributed by atoms with Crippen LogP contribution < -0.4 is 5.32 Å². The van der Waals surface area contributed by atoms with Crippen molar-refractivity contribution in [3.8, 4) is 0 Å². The highest BCUT2D eigenvalue weighted by atomic mass is 16.8. The van der Waals surface area contributed by atoms with E-state index in [9.17, 15) is 61.0 Å². The minimum Gasteiger partial charge on any atom is -0.394 e. The van der Waals surface area contributed by atoms with Crippen molar-refractivity contribution in [1.82, 2.24) is 5.32 Å². The Labute approximate surface area is 511 Å². The van der Waals surface area contributed by atoms with Crippen LogP contribution in [-0.2, 0) is 33.2 Å². The van der Waals surface area contributed by atoms with E-state index < -0.39 is 124 Å². The molecule has 19 nitrogen and oxygen atoms in total. The number of carbonyl (C=O) groups excluding carboxylic acids is 1. The van der Waals surface area contributed by atoms with Crippen molar-refractivity contribution < 1.29 is 89.4 Å². The van der Waals surface area contributed by atoms with E-state index in [1.54, 1.807) is 6.08 Å². The molecule has 17 unspecified atom stereocenters. The molecular weight excluding hydrogens is 1090 g/mol. The van der Waals surface area contributed by atoms with Gasteiger partial charge in [0, 0.05) is 6.42 Å². The average Bonchev–Trinajstić information content (AvgIpc) is 3.50. The number of unbranched alkanes of at least 4 members (excludes halogenated alkanes) is 31. The monoisotopic (exact) mass is 1220 g/mol. The van der Waals surface area contributed by atoms with Gasteiger partial charge in [-0.25, -0.2) is 0 Å². The minimum absolute atomic E-state index is 0.233. The van der Waals surface area contributed by atoms with E-state index in [2.05, 4.69) is 43.5 Å². The molecule has 0 spiro atoms. The second-order valence-electron chi connectivity index (χ2n) is 24.3. The third-order valence-electron chi connectivity index (χ3n) is 16.9. The summed E-state index contributed by atoms with van der Waals surface area (Å²) in [5.41, 5.74) is 0. The Morgan fingerprint density at radius 3 is 1.18 bits per heavy atom. The van der Waals surface area contributed by atoms with Gasteiger partial charge in [0.1, 0.15) is 73.2 Å². The summed E-state index contributed by atoms with van der Waals surface area (Å²) in [5, 5.41) is 120. The maximum Gasteiger partial charge on any atom is 0.220 e. The lowest BCUT2D eigenvalue weighted by Gasteiger charge is -2.48. The fourth-order valence-electron chi connectivity index (χ4n) is 11.4. The zero-order chi connectivity index (χ0) is 61.9. The van der Waals surface area contributed by atoms with Gasteiger partial charge in [-0.3, -0.25) is 4.79 Å². The molecule has 0 aromatic carbocycles. The third kappa shape index (κ3) is 31.5. The minimum atomic E-state index is -1.98. The molecule has 17 atom stereocenters. The van der Waals surface area contributed by atoms with Crippen molar-refractivity contribution in [2.45, 2.75) is 349 Å². The summed E-state index contributed by atoms with van der Waals surface area (Å²) in [6.07, 6.45) is 28.9. The molecule has 3 aliphatic heterocycles. The Kier molecular flexibility index (Phi) is 44.4. The van der Waals surface area contributed by atoms with Crippen LogP contribution in [0, 0.1) is 0 Å². The highest BCUT2D eigenvalue weighted by Gasteiger charge is 2.53. The van der Waals surface area contributed by atoms with Gasteiger partial charge >= 0.3 is 0 Å². The van der Waals surface area contributed by atoms with Gasteiger partial charge in [-0.15, -0.1) is 0 Å². The van der Waals surface area contributed by atoms with E-state index in [1.165, 1.54) is 167 Å². The molecule has 0 saturated carbocycles. The van der Waals surface area contributed by atoms with E-state index in [4.69, 9.17) is 28.4 Å². The molecule has 3 fully saturated rings. The maximum atomic E-state index is 13.3. The number of hydrogen-bond donors (Lipinski definition) is 12. The molecule has 498 valence electrons. The molecule has 0 bridgehead atoms. The Hall–Kier alpha value is -1.99. The van der Waals surface area contributed by atoms with Crippen molar-refractivity contribution in [3.05, 3.63) is 36.5 Å². The predicted molar refractivity (Wildman–Crippen MR) is 328 cm³/mol. The number of rotatable bonds is 51. The van der Waals surface area contributed by atoms with Gasteiger partial charge in [0.25, 0.3) is 0 Å². The largest absolute Gasteiger partial charge is 0.394 e. The molecule has 3 aliphatic rings. The first kappa shape index (κ1) is 77.3. The summed E-state index contributed by atoms with van der Waals surface area (Å²) in [7, 11) is 0. The summed E-state index contributed by atoms with van der Waals surface area (Å²) in [6.45, 7) is 1.68. The van der Waals surface area contributed by atoms with E-state index in [1.807, 2.05) is 6.08 Å². The fourth-order valence-corrected chi connectivity index (χ4v) is 11.4. The van der Waals surface area contributed by atoms with Crippen molar-refractivity contribution >= 4 is 5.91 Å². The van der Waals surface area contributed by atoms with E-state index in [0.717, 1.165) is 44.9 Å². The van der Waals surface area contributed by atoms with Crippen LogP contribution in [0.4, 0.5) is 0 Å². The van der Waals surface area contributed by atoms with Crippen LogP contribution in [0.1, 0.15) is 245 Å². The molecular formula is C66H121NO18. The smallest absolute Gasteiger partial charge is 0.220 e. The lowest BCUT2D eigenvalue weighted by Crippen LogP contribution is -2.66. The summed E-state index contributed by atoms with van der Waals surface area (Å²) >= 11 is 0. The summed E-state index contributed by atoms with van der Waals surface area (Å²) in [5.74, 6) is -0.293. The lowest BCUT2D eigenvalue weighted by molar-refractivity contribution is -0.379. The van der Waals surface area contributed by atoms with Crippen LogP contribution in [-0.4, -0.2) is 193 Å². The molecule has 0 aliphatic carbocycles. The molecule has 0 aromatic heterocycles. The molecule has 12 N–H and O–H groups in total. The van der Waals surface area contributed by atoms with E-state index in [-0.39, 0.29) is 18.9 Å². The second-order valence-corrected chi connectivity index (χ2v) is 24.3. The topological polar surface area (TPSA) is 307 Å². The van der Waals surface area contributed by atoms with Gasteiger partial charge in [0.15, 0.2) is 18.9 Å². The van der Waals surface area contributed by atoms with Crippen molar-refractivity contribution in [2.24, 2.45) is 0 Å². The normalized spacial score (nSPS) is 29.2. The summed E-state index contributed by atoms with van der Waals surface area (Å²) in [4.78, 5) is 13.3. The Bertz CT molecular complexity index is 1690. The van der Waals surface area contributed by atoms with Crippen LogP contribution in [0.3, 0.4) is 0 Å². The van der Waals surface area contributed by atoms with Crippen LogP contribution in [0.2, 0.25) is 0 Å². The Balaban J connectivity index is 1.39.